The van der Waals surface area contributed by atoms with E-state index in [4.69, 9.17) is 0 Å². The van der Waals surface area contributed by atoms with E-state index in [-0.39, 0.29) is 5.69 Å². The smallest absolute Gasteiger partial charge is 0.343 e. The summed E-state index contributed by atoms with van der Waals surface area (Å²) in [6, 6.07) is 9.41. The molecule has 2 aromatic rings. The number of nitro groups is 1. The molecule has 0 aliphatic heterocycles. The minimum absolute atomic E-state index is 0.0682. The van der Waals surface area contributed by atoms with Crippen molar-refractivity contribution in [2.45, 2.75) is 9.92 Å². The molecule has 0 bridgehead atoms. The van der Waals surface area contributed by atoms with Crippen molar-refractivity contribution in [3.8, 4) is 0 Å². The Kier molecular flexibility index (Phi) is 3.96. The lowest BCUT2D eigenvalue weighted by atomic mass is 10.4. The third kappa shape index (κ3) is 3.00. The van der Waals surface area contributed by atoms with Crippen molar-refractivity contribution in [3.63, 3.8) is 0 Å². The molecular formula is C12H12N4O2S. The van der Waals surface area contributed by atoms with Crippen LogP contribution in [0.4, 0.5) is 11.5 Å². The van der Waals surface area contributed by atoms with Crippen molar-refractivity contribution in [2.75, 3.05) is 19.0 Å². The fourth-order valence-electron chi connectivity index (χ4n) is 1.52. The Morgan fingerprint density at radius 3 is 2.47 bits per heavy atom. The van der Waals surface area contributed by atoms with Gasteiger partial charge in [0, 0.05) is 19.0 Å². The van der Waals surface area contributed by atoms with Gasteiger partial charge in [-0.1, -0.05) is 30.0 Å². The summed E-state index contributed by atoms with van der Waals surface area (Å²) in [5, 5.41) is 11.6. The molecule has 7 heteroatoms. The van der Waals surface area contributed by atoms with Gasteiger partial charge in [-0.25, -0.2) is 9.97 Å². The van der Waals surface area contributed by atoms with Gasteiger partial charge in [0.25, 0.3) is 0 Å². The summed E-state index contributed by atoms with van der Waals surface area (Å²) in [5.74, 6) is 0.304. The molecule has 0 amide bonds. The highest BCUT2D eigenvalue weighted by atomic mass is 32.2. The van der Waals surface area contributed by atoms with Crippen LogP contribution in [0, 0.1) is 10.1 Å². The normalized spacial score (nSPS) is 10.2. The molecule has 0 fully saturated rings. The van der Waals surface area contributed by atoms with Gasteiger partial charge < -0.3 is 4.90 Å². The summed E-state index contributed by atoms with van der Waals surface area (Å²) in [5.41, 5.74) is -0.0682. The SMILES string of the molecule is CN(C)c1ncnc(Sc2ccccc2)c1[N+](=O)[O-]. The number of rotatable bonds is 4. The molecule has 0 aliphatic carbocycles. The highest BCUT2D eigenvalue weighted by molar-refractivity contribution is 7.99. The van der Waals surface area contributed by atoms with Gasteiger partial charge in [-0.3, -0.25) is 10.1 Å². The summed E-state index contributed by atoms with van der Waals surface area (Å²) < 4.78 is 0. The van der Waals surface area contributed by atoms with Gasteiger partial charge in [0.15, 0.2) is 5.03 Å². The first-order valence-corrected chi connectivity index (χ1v) is 6.31. The van der Waals surface area contributed by atoms with Crippen LogP contribution >= 0.6 is 11.8 Å². The molecule has 0 aliphatic rings. The summed E-state index contributed by atoms with van der Waals surface area (Å²) in [6.07, 6.45) is 1.34. The van der Waals surface area contributed by atoms with Crippen LogP contribution in [0.1, 0.15) is 0 Å². The molecule has 0 N–H and O–H groups in total. The molecule has 0 unspecified atom stereocenters. The van der Waals surface area contributed by atoms with Crippen molar-refractivity contribution in [1.82, 2.24) is 9.97 Å². The number of hydrogen-bond acceptors (Lipinski definition) is 6. The van der Waals surface area contributed by atoms with Gasteiger partial charge in [0.05, 0.1) is 4.92 Å². The molecule has 0 saturated carbocycles. The Bertz CT molecular complexity index is 590. The number of anilines is 1. The maximum Gasteiger partial charge on any atom is 0.343 e. The second kappa shape index (κ2) is 5.66. The first-order chi connectivity index (χ1) is 9.09. The number of aromatic nitrogens is 2. The molecule has 0 atom stereocenters. The fraction of sp³-hybridized carbons (Fsp3) is 0.167. The van der Waals surface area contributed by atoms with E-state index in [1.54, 1.807) is 19.0 Å². The maximum absolute atomic E-state index is 11.2. The third-order valence-electron chi connectivity index (χ3n) is 2.33. The minimum Gasteiger partial charge on any atom is -0.357 e. The van der Waals surface area contributed by atoms with E-state index in [2.05, 4.69) is 9.97 Å². The van der Waals surface area contributed by atoms with Crippen LogP contribution < -0.4 is 4.90 Å². The molecule has 98 valence electrons. The van der Waals surface area contributed by atoms with Crippen LogP contribution in [0.25, 0.3) is 0 Å². The lowest BCUT2D eigenvalue weighted by molar-refractivity contribution is -0.387. The first kappa shape index (κ1) is 13.3. The van der Waals surface area contributed by atoms with Crippen molar-refractivity contribution in [1.29, 1.82) is 0 Å². The van der Waals surface area contributed by atoms with Gasteiger partial charge in [-0.15, -0.1) is 0 Å². The van der Waals surface area contributed by atoms with Crippen molar-refractivity contribution in [2.24, 2.45) is 0 Å². The molecule has 1 heterocycles. The highest BCUT2D eigenvalue weighted by Crippen LogP contribution is 2.36. The standard InChI is InChI=1S/C12H12N4O2S/c1-15(2)11-10(16(17)18)12(14-8-13-11)19-9-6-4-3-5-7-9/h3-8H,1-2H3. The molecular weight excluding hydrogens is 264 g/mol. The summed E-state index contributed by atoms with van der Waals surface area (Å²) in [6.45, 7) is 0. The van der Waals surface area contributed by atoms with E-state index in [1.165, 1.54) is 18.1 Å². The average molecular weight is 276 g/mol. The molecule has 0 saturated heterocycles. The lowest BCUT2D eigenvalue weighted by Gasteiger charge is -2.12. The molecule has 6 nitrogen and oxygen atoms in total. The predicted octanol–water partition coefficient (Wildman–Crippen LogP) is 2.60. The van der Waals surface area contributed by atoms with Crippen molar-refractivity contribution >= 4 is 23.3 Å². The van der Waals surface area contributed by atoms with Gasteiger partial charge in [0.2, 0.25) is 5.82 Å². The minimum atomic E-state index is -0.444. The third-order valence-corrected chi connectivity index (χ3v) is 3.33. The quantitative estimate of drug-likeness (QED) is 0.485. The Labute approximate surface area is 114 Å². The molecule has 1 aromatic heterocycles. The fourth-order valence-corrected chi connectivity index (χ4v) is 2.39. The topological polar surface area (TPSA) is 72.2 Å². The first-order valence-electron chi connectivity index (χ1n) is 5.49. The van der Waals surface area contributed by atoms with Gasteiger partial charge in [-0.05, 0) is 12.1 Å². The predicted molar refractivity (Wildman–Crippen MR) is 73.6 cm³/mol. The molecule has 19 heavy (non-hydrogen) atoms. The molecule has 0 spiro atoms. The lowest BCUT2D eigenvalue weighted by Crippen LogP contribution is -2.14. The second-order valence-electron chi connectivity index (χ2n) is 3.92. The van der Waals surface area contributed by atoms with Gasteiger partial charge in [-0.2, -0.15) is 0 Å². The van der Waals surface area contributed by atoms with Crippen molar-refractivity contribution < 1.29 is 4.92 Å². The van der Waals surface area contributed by atoms with Crippen LogP contribution in [-0.4, -0.2) is 29.0 Å². The second-order valence-corrected chi connectivity index (χ2v) is 4.98. The molecule has 0 radical (unpaired) electrons. The number of nitrogens with zero attached hydrogens (tertiary/aromatic N) is 4. The van der Waals surface area contributed by atoms with Crippen LogP contribution in [-0.2, 0) is 0 Å². The largest absolute Gasteiger partial charge is 0.357 e. The Morgan fingerprint density at radius 2 is 1.89 bits per heavy atom. The summed E-state index contributed by atoms with van der Waals surface area (Å²) >= 11 is 1.25. The van der Waals surface area contributed by atoms with Gasteiger partial charge in [0.1, 0.15) is 6.33 Å². The van der Waals surface area contributed by atoms with Crippen LogP contribution in [0.2, 0.25) is 0 Å². The monoisotopic (exact) mass is 276 g/mol. The number of benzene rings is 1. The highest BCUT2D eigenvalue weighted by Gasteiger charge is 2.24. The number of hydrogen-bond donors (Lipinski definition) is 0. The van der Waals surface area contributed by atoms with Crippen LogP contribution in [0.3, 0.4) is 0 Å². The average Bonchev–Trinajstić information content (AvgIpc) is 2.39. The maximum atomic E-state index is 11.2. The van der Waals surface area contributed by atoms with E-state index >= 15 is 0 Å². The molecule has 1 aromatic carbocycles. The summed E-state index contributed by atoms with van der Waals surface area (Å²) in [7, 11) is 3.43. The van der Waals surface area contributed by atoms with E-state index in [0.29, 0.717) is 10.8 Å². The van der Waals surface area contributed by atoms with Gasteiger partial charge >= 0.3 is 5.69 Å². The zero-order valence-electron chi connectivity index (χ0n) is 10.5. The van der Waals surface area contributed by atoms with E-state index < -0.39 is 4.92 Å². The van der Waals surface area contributed by atoms with E-state index in [0.717, 1.165) is 4.90 Å². The zero-order valence-corrected chi connectivity index (χ0v) is 11.3. The van der Waals surface area contributed by atoms with E-state index in [1.807, 2.05) is 30.3 Å². The Hall–Kier alpha value is -2.15. The molecule has 2 rings (SSSR count). The van der Waals surface area contributed by atoms with Crippen molar-refractivity contribution in [3.05, 3.63) is 46.8 Å². The van der Waals surface area contributed by atoms with E-state index in [9.17, 15) is 10.1 Å². The Morgan fingerprint density at radius 1 is 1.21 bits per heavy atom. The van der Waals surface area contributed by atoms with Crippen LogP contribution in [0.15, 0.2) is 46.6 Å². The summed E-state index contributed by atoms with van der Waals surface area (Å²) in [4.78, 5) is 21.3. The van der Waals surface area contributed by atoms with Crippen LogP contribution in [0.5, 0.6) is 0 Å². The zero-order chi connectivity index (χ0) is 13.8. The Balaban J connectivity index is 2.45.